The summed E-state index contributed by atoms with van der Waals surface area (Å²) in [7, 11) is 0. The fraction of sp³-hybridized carbons (Fsp3) is 0.533. The molecule has 0 amide bonds. The van der Waals surface area contributed by atoms with Gasteiger partial charge in [-0.15, -0.1) is 0 Å². The molecule has 0 spiro atoms. The molecular formula is C15H21NO. The predicted molar refractivity (Wildman–Crippen MR) is 71.4 cm³/mol. The molecule has 2 heteroatoms. The first-order valence-corrected chi connectivity index (χ1v) is 6.09. The lowest BCUT2D eigenvalue weighted by Crippen LogP contribution is -2.23. The molecule has 2 rings (SSSR count). The summed E-state index contributed by atoms with van der Waals surface area (Å²) in [6.07, 6.45) is 1.70. The smallest absolute Gasteiger partial charge is 0.152 e. The molecule has 0 radical (unpaired) electrons. The van der Waals surface area contributed by atoms with E-state index < -0.39 is 0 Å². The highest BCUT2D eigenvalue weighted by atomic mass is 16.3. The Morgan fingerprint density at radius 1 is 1.00 bits per heavy atom. The van der Waals surface area contributed by atoms with Crippen molar-refractivity contribution in [3.05, 3.63) is 29.7 Å². The van der Waals surface area contributed by atoms with Crippen LogP contribution in [0.25, 0.3) is 11.1 Å². The van der Waals surface area contributed by atoms with Gasteiger partial charge in [-0.05, 0) is 17.0 Å². The van der Waals surface area contributed by atoms with Gasteiger partial charge in [0.05, 0.1) is 12.0 Å². The topological polar surface area (TPSA) is 26.0 Å². The molecule has 0 saturated carbocycles. The van der Waals surface area contributed by atoms with Gasteiger partial charge in [-0.3, -0.25) is 0 Å². The second-order valence-corrected chi connectivity index (χ2v) is 6.69. The lowest BCUT2D eigenvalue weighted by molar-refractivity contribution is 0.514. The average Bonchev–Trinajstić information content (AvgIpc) is 2.59. The molecule has 0 aliphatic heterocycles. The second kappa shape index (κ2) is 3.59. The van der Waals surface area contributed by atoms with E-state index in [0.717, 1.165) is 11.1 Å². The molecule has 92 valence electrons. The molecule has 0 unspecified atom stereocenters. The van der Waals surface area contributed by atoms with Crippen LogP contribution in [0.5, 0.6) is 0 Å². The molecule has 0 bridgehead atoms. The quantitative estimate of drug-likeness (QED) is 0.670. The van der Waals surface area contributed by atoms with Gasteiger partial charge in [0.25, 0.3) is 0 Å². The van der Waals surface area contributed by atoms with E-state index in [1.807, 2.05) is 6.07 Å². The highest BCUT2D eigenvalue weighted by molar-refractivity contribution is 5.74. The highest BCUT2D eigenvalue weighted by Gasteiger charge is 2.27. The van der Waals surface area contributed by atoms with Gasteiger partial charge < -0.3 is 4.42 Å². The molecule has 0 N–H and O–H groups in total. The van der Waals surface area contributed by atoms with Crippen molar-refractivity contribution in [3.8, 4) is 0 Å². The molecule has 0 fully saturated rings. The zero-order valence-corrected chi connectivity index (χ0v) is 11.6. The van der Waals surface area contributed by atoms with Gasteiger partial charge in [-0.25, -0.2) is 4.98 Å². The summed E-state index contributed by atoms with van der Waals surface area (Å²) in [4.78, 5) is 4.78. The van der Waals surface area contributed by atoms with Crippen LogP contribution < -0.4 is 0 Å². The summed E-state index contributed by atoms with van der Waals surface area (Å²) < 4.78 is 5.46. The maximum Gasteiger partial charge on any atom is 0.152 e. The molecule has 2 aromatic heterocycles. The molecular weight excluding hydrogens is 210 g/mol. The number of rotatable bonds is 0. The van der Waals surface area contributed by atoms with Crippen molar-refractivity contribution in [1.82, 2.24) is 4.98 Å². The van der Waals surface area contributed by atoms with Crippen LogP contribution in [0.3, 0.4) is 0 Å². The Morgan fingerprint density at radius 3 is 2.18 bits per heavy atom. The number of aromatic nitrogens is 1. The zero-order valence-electron chi connectivity index (χ0n) is 11.6. The third kappa shape index (κ3) is 2.21. The second-order valence-electron chi connectivity index (χ2n) is 6.69. The molecule has 0 aliphatic rings. The Hall–Kier alpha value is -1.31. The van der Waals surface area contributed by atoms with Crippen LogP contribution in [-0.4, -0.2) is 4.98 Å². The minimum absolute atomic E-state index is 0.0497. The van der Waals surface area contributed by atoms with Crippen LogP contribution in [0, 0.1) is 0 Å². The van der Waals surface area contributed by atoms with Gasteiger partial charge in [0.15, 0.2) is 5.58 Å². The lowest BCUT2D eigenvalue weighted by atomic mass is 9.78. The summed E-state index contributed by atoms with van der Waals surface area (Å²) >= 11 is 0. The molecule has 0 aliphatic carbocycles. The van der Waals surface area contributed by atoms with Crippen LogP contribution in [0.2, 0.25) is 0 Å². The fourth-order valence-corrected chi connectivity index (χ4v) is 2.04. The third-order valence-corrected chi connectivity index (χ3v) is 2.95. The van der Waals surface area contributed by atoms with Gasteiger partial charge in [0.2, 0.25) is 0 Å². The first kappa shape index (κ1) is 12.2. The third-order valence-electron chi connectivity index (χ3n) is 2.95. The van der Waals surface area contributed by atoms with Crippen molar-refractivity contribution < 1.29 is 4.42 Å². The maximum absolute atomic E-state index is 5.46. The number of furan rings is 1. The van der Waals surface area contributed by atoms with Gasteiger partial charge in [0, 0.05) is 11.5 Å². The van der Waals surface area contributed by atoms with E-state index in [1.54, 1.807) is 6.26 Å². The molecule has 0 saturated heterocycles. The summed E-state index contributed by atoms with van der Waals surface area (Å²) in [6.45, 7) is 13.3. The Kier molecular flexibility index (Phi) is 2.57. The van der Waals surface area contributed by atoms with E-state index in [4.69, 9.17) is 9.40 Å². The number of nitrogens with zero attached hydrogens (tertiary/aromatic N) is 1. The van der Waals surface area contributed by atoms with Crippen LogP contribution in [-0.2, 0) is 10.8 Å². The number of fused-ring (bicyclic) bond motifs is 1. The van der Waals surface area contributed by atoms with Crippen molar-refractivity contribution in [1.29, 1.82) is 0 Å². The lowest BCUT2D eigenvalue weighted by Gasteiger charge is -2.28. The Bertz CT molecular complexity index is 490. The van der Waals surface area contributed by atoms with Gasteiger partial charge >= 0.3 is 0 Å². The van der Waals surface area contributed by atoms with Crippen molar-refractivity contribution in [2.45, 2.75) is 52.4 Å². The van der Waals surface area contributed by atoms with Crippen molar-refractivity contribution in [2.24, 2.45) is 0 Å². The average molecular weight is 231 g/mol. The first-order valence-electron chi connectivity index (χ1n) is 6.09. The zero-order chi connectivity index (χ0) is 12.8. The first-order chi connectivity index (χ1) is 7.69. The van der Waals surface area contributed by atoms with E-state index in [9.17, 15) is 0 Å². The van der Waals surface area contributed by atoms with E-state index in [1.165, 1.54) is 11.3 Å². The maximum atomic E-state index is 5.46. The predicted octanol–water partition coefficient (Wildman–Crippen LogP) is 4.42. The molecule has 2 nitrogen and oxygen atoms in total. The van der Waals surface area contributed by atoms with Crippen LogP contribution >= 0.6 is 0 Å². The van der Waals surface area contributed by atoms with Crippen LogP contribution in [0.4, 0.5) is 0 Å². The van der Waals surface area contributed by atoms with Gasteiger partial charge in [-0.1, -0.05) is 41.5 Å². The fourth-order valence-electron chi connectivity index (χ4n) is 2.04. The van der Waals surface area contributed by atoms with Crippen LogP contribution in [0.15, 0.2) is 22.8 Å². The van der Waals surface area contributed by atoms with Gasteiger partial charge in [-0.2, -0.15) is 0 Å². The van der Waals surface area contributed by atoms with Crippen molar-refractivity contribution in [2.75, 3.05) is 0 Å². The molecule has 2 aromatic rings. The minimum Gasteiger partial charge on any atom is -0.463 e. The van der Waals surface area contributed by atoms with Crippen molar-refractivity contribution >= 4 is 11.1 Å². The summed E-state index contributed by atoms with van der Waals surface area (Å²) in [5.41, 5.74) is 4.39. The summed E-state index contributed by atoms with van der Waals surface area (Å²) in [5.74, 6) is 0. The Balaban J connectivity index is 2.78. The summed E-state index contributed by atoms with van der Waals surface area (Å²) in [5, 5.41) is 0. The Morgan fingerprint density at radius 2 is 1.65 bits per heavy atom. The standard InChI is InChI=1S/C15H21NO/c1-14(2,3)10-9-12-11(7-8-17-12)16-13(10)15(4,5)6/h7-9H,1-6H3. The summed E-state index contributed by atoms with van der Waals surface area (Å²) in [6, 6.07) is 4.07. The van der Waals surface area contributed by atoms with E-state index in [0.29, 0.717) is 0 Å². The number of pyridine rings is 1. The molecule has 0 aromatic carbocycles. The van der Waals surface area contributed by atoms with E-state index in [-0.39, 0.29) is 10.8 Å². The monoisotopic (exact) mass is 231 g/mol. The normalized spacial score (nSPS) is 13.3. The van der Waals surface area contributed by atoms with E-state index >= 15 is 0 Å². The highest BCUT2D eigenvalue weighted by Crippen LogP contribution is 2.34. The van der Waals surface area contributed by atoms with Crippen molar-refractivity contribution in [3.63, 3.8) is 0 Å². The van der Waals surface area contributed by atoms with Gasteiger partial charge in [0.1, 0.15) is 5.52 Å². The molecule has 2 heterocycles. The van der Waals surface area contributed by atoms with E-state index in [2.05, 4.69) is 47.6 Å². The number of hydrogen-bond acceptors (Lipinski definition) is 2. The minimum atomic E-state index is 0.0497. The van der Waals surface area contributed by atoms with Crippen LogP contribution in [0.1, 0.15) is 52.8 Å². The largest absolute Gasteiger partial charge is 0.463 e. The Labute approximate surface area is 103 Å². The number of hydrogen-bond donors (Lipinski definition) is 0. The molecule has 17 heavy (non-hydrogen) atoms. The molecule has 0 atom stereocenters. The SMILES string of the molecule is CC(C)(C)c1cc2occc2nc1C(C)(C)C.